The Morgan fingerprint density at radius 3 is 2.88 bits per heavy atom. The normalized spacial score (nSPS) is 15.8. The maximum absolute atomic E-state index is 11.7. The molecule has 3 rings (SSSR count). The Morgan fingerprint density at radius 1 is 1.28 bits per heavy atom. The Hall–Kier alpha value is -2.11. The van der Waals surface area contributed by atoms with Crippen molar-refractivity contribution in [2.45, 2.75) is 25.3 Å². The van der Waals surface area contributed by atoms with Crippen molar-refractivity contribution >= 4 is 40.6 Å². The summed E-state index contributed by atoms with van der Waals surface area (Å²) in [7, 11) is 1.34. The molecule has 0 aliphatic heterocycles. The summed E-state index contributed by atoms with van der Waals surface area (Å²) < 4.78 is 4.74. The highest BCUT2D eigenvalue weighted by molar-refractivity contribution is 7.80. The maximum atomic E-state index is 11.7. The Balaban J connectivity index is 1.73. The zero-order chi connectivity index (χ0) is 17.8. The van der Waals surface area contributed by atoms with Crippen molar-refractivity contribution in [2.24, 2.45) is 0 Å². The van der Waals surface area contributed by atoms with E-state index in [9.17, 15) is 4.79 Å². The van der Waals surface area contributed by atoms with Crippen LogP contribution in [0.5, 0.6) is 0 Å². The maximum Gasteiger partial charge on any atom is 0.337 e. The summed E-state index contributed by atoms with van der Waals surface area (Å²) in [5, 5.41) is 7.41. The molecule has 0 amide bonds. The number of hydrogen-bond acceptors (Lipinski definition) is 3. The standard InChI is InChI=1S/C19H19ClN2O2S/c1-24-18(23)13-9-10-15(20)17(11-13)22-19(25)21-16-8-4-6-12-5-2-3-7-14(12)16/h2-3,5,7,9-11,16H,4,6,8H2,1H3,(H2,21,22,25). The molecule has 0 fully saturated rings. The smallest absolute Gasteiger partial charge is 0.337 e. The number of rotatable bonds is 3. The molecule has 130 valence electrons. The number of fused-ring (bicyclic) bond motifs is 1. The van der Waals surface area contributed by atoms with E-state index in [0.717, 1.165) is 19.3 Å². The van der Waals surface area contributed by atoms with Gasteiger partial charge in [0, 0.05) is 0 Å². The van der Waals surface area contributed by atoms with E-state index in [1.54, 1.807) is 18.2 Å². The van der Waals surface area contributed by atoms with E-state index in [1.165, 1.54) is 18.2 Å². The molecule has 0 radical (unpaired) electrons. The second kappa shape index (κ2) is 7.85. The average molecular weight is 375 g/mol. The van der Waals surface area contributed by atoms with Gasteiger partial charge in [-0.3, -0.25) is 0 Å². The topological polar surface area (TPSA) is 50.4 Å². The van der Waals surface area contributed by atoms with Crippen LogP contribution < -0.4 is 10.6 Å². The highest BCUT2D eigenvalue weighted by atomic mass is 35.5. The number of thiocarbonyl (C=S) groups is 1. The first kappa shape index (κ1) is 17.7. The summed E-state index contributed by atoms with van der Waals surface area (Å²) in [6.07, 6.45) is 3.24. The summed E-state index contributed by atoms with van der Waals surface area (Å²) in [6.45, 7) is 0. The largest absolute Gasteiger partial charge is 0.465 e. The molecule has 4 nitrogen and oxygen atoms in total. The number of halogens is 1. The van der Waals surface area contributed by atoms with Crippen LogP contribution in [0.2, 0.25) is 5.02 Å². The molecule has 2 aromatic rings. The highest BCUT2D eigenvalue weighted by Gasteiger charge is 2.20. The SMILES string of the molecule is COC(=O)c1ccc(Cl)c(NC(=S)NC2CCCc3ccccc32)c1. The minimum absolute atomic E-state index is 0.174. The van der Waals surface area contributed by atoms with E-state index in [2.05, 4.69) is 28.8 Å². The number of carbonyl (C=O) groups is 1. The number of benzene rings is 2. The predicted molar refractivity (Wildman–Crippen MR) is 104 cm³/mol. The molecule has 0 aromatic heterocycles. The molecule has 0 heterocycles. The van der Waals surface area contributed by atoms with Gasteiger partial charge in [0.2, 0.25) is 0 Å². The van der Waals surface area contributed by atoms with Gasteiger partial charge in [-0.05, 0) is 60.8 Å². The van der Waals surface area contributed by atoms with Crippen molar-refractivity contribution in [1.29, 1.82) is 0 Å². The van der Waals surface area contributed by atoms with Gasteiger partial charge in [-0.2, -0.15) is 0 Å². The number of hydrogen-bond donors (Lipinski definition) is 2. The summed E-state index contributed by atoms with van der Waals surface area (Å²) in [5.41, 5.74) is 3.64. The molecule has 0 bridgehead atoms. The molecule has 0 saturated heterocycles. The first-order valence-corrected chi connectivity index (χ1v) is 8.90. The molecule has 0 spiro atoms. The molecule has 2 N–H and O–H groups in total. The van der Waals surface area contributed by atoms with Gasteiger partial charge in [0.05, 0.1) is 29.4 Å². The van der Waals surface area contributed by atoms with Gasteiger partial charge < -0.3 is 15.4 Å². The lowest BCUT2D eigenvalue weighted by molar-refractivity contribution is 0.0601. The van der Waals surface area contributed by atoms with Crippen molar-refractivity contribution < 1.29 is 9.53 Å². The van der Waals surface area contributed by atoms with E-state index in [1.807, 2.05) is 6.07 Å². The van der Waals surface area contributed by atoms with Crippen molar-refractivity contribution in [1.82, 2.24) is 5.32 Å². The summed E-state index contributed by atoms with van der Waals surface area (Å²) in [4.78, 5) is 11.7. The van der Waals surface area contributed by atoms with Crippen molar-refractivity contribution in [3.05, 3.63) is 64.2 Å². The molecule has 6 heteroatoms. The number of aryl methyl sites for hydroxylation is 1. The van der Waals surface area contributed by atoms with Gasteiger partial charge in [-0.1, -0.05) is 35.9 Å². The van der Waals surface area contributed by atoms with Crippen LogP contribution in [-0.2, 0) is 11.2 Å². The number of nitrogens with one attached hydrogen (secondary N) is 2. The first-order chi connectivity index (χ1) is 12.1. The zero-order valence-electron chi connectivity index (χ0n) is 13.8. The van der Waals surface area contributed by atoms with Crippen LogP contribution in [0.25, 0.3) is 0 Å². The molecule has 0 saturated carbocycles. The Labute approximate surface area is 157 Å². The van der Waals surface area contributed by atoms with Crippen molar-refractivity contribution in [3.63, 3.8) is 0 Å². The minimum Gasteiger partial charge on any atom is -0.465 e. The molecule has 1 unspecified atom stereocenters. The lowest BCUT2D eigenvalue weighted by atomic mass is 9.88. The van der Waals surface area contributed by atoms with Crippen LogP contribution >= 0.6 is 23.8 Å². The fraction of sp³-hybridized carbons (Fsp3) is 0.263. The molecule has 1 atom stereocenters. The van der Waals surface area contributed by atoms with Crippen LogP contribution in [-0.4, -0.2) is 18.2 Å². The summed E-state index contributed by atoms with van der Waals surface area (Å²) in [6, 6.07) is 13.5. The molecular formula is C19H19ClN2O2S. The Kier molecular flexibility index (Phi) is 5.56. The number of esters is 1. The van der Waals surface area contributed by atoms with Crippen molar-refractivity contribution in [2.75, 3.05) is 12.4 Å². The lowest BCUT2D eigenvalue weighted by Crippen LogP contribution is -2.34. The third kappa shape index (κ3) is 4.11. The summed E-state index contributed by atoms with van der Waals surface area (Å²) >= 11 is 11.7. The van der Waals surface area contributed by atoms with E-state index in [-0.39, 0.29) is 6.04 Å². The molecular weight excluding hydrogens is 356 g/mol. The van der Waals surface area contributed by atoms with E-state index in [4.69, 9.17) is 28.6 Å². The van der Waals surface area contributed by atoms with Crippen LogP contribution in [0.4, 0.5) is 5.69 Å². The Morgan fingerprint density at radius 2 is 2.08 bits per heavy atom. The van der Waals surface area contributed by atoms with E-state index >= 15 is 0 Å². The predicted octanol–water partition coefficient (Wildman–Crippen LogP) is 4.49. The summed E-state index contributed by atoms with van der Waals surface area (Å²) in [5.74, 6) is -0.417. The number of anilines is 1. The average Bonchev–Trinajstić information content (AvgIpc) is 2.63. The van der Waals surface area contributed by atoms with E-state index in [0.29, 0.717) is 21.4 Å². The van der Waals surface area contributed by atoms with Gasteiger partial charge in [0.1, 0.15) is 0 Å². The minimum atomic E-state index is -0.417. The highest BCUT2D eigenvalue weighted by Crippen LogP contribution is 2.30. The third-order valence-electron chi connectivity index (χ3n) is 4.31. The van der Waals surface area contributed by atoms with Crippen LogP contribution in [0, 0.1) is 0 Å². The Bertz CT molecular complexity index is 810. The molecule has 1 aliphatic carbocycles. The van der Waals surface area contributed by atoms with Crippen molar-refractivity contribution in [3.8, 4) is 0 Å². The van der Waals surface area contributed by atoms with Gasteiger partial charge in [-0.15, -0.1) is 0 Å². The lowest BCUT2D eigenvalue weighted by Gasteiger charge is -2.27. The molecule has 1 aliphatic rings. The first-order valence-electron chi connectivity index (χ1n) is 8.11. The van der Waals surface area contributed by atoms with Crippen LogP contribution in [0.3, 0.4) is 0 Å². The molecule has 2 aromatic carbocycles. The third-order valence-corrected chi connectivity index (χ3v) is 4.86. The zero-order valence-corrected chi connectivity index (χ0v) is 15.4. The second-order valence-corrected chi connectivity index (χ2v) is 6.74. The van der Waals surface area contributed by atoms with Gasteiger partial charge in [0.15, 0.2) is 5.11 Å². The number of carbonyl (C=O) groups excluding carboxylic acids is 1. The van der Waals surface area contributed by atoms with Gasteiger partial charge in [-0.25, -0.2) is 4.79 Å². The molecule has 25 heavy (non-hydrogen) atoms. The fourth-order valence-electron chi connectivity index (χ4n) is 3.09. The monoisotopic (exact) mass is 374 g/mol. The second-order valence-electron chi connectivity index (χ2n) is 5.93. The van der Waals surface area contributed by atoms with E-state index < -0.39 is 5.97 Å². The van der Waals surface area contributed by atoms with Gasteiger partial charge >= 0.3 is 5.97 Å². The number of ether oxygens (including phenoxy) is 1. The quantitative estimate of drug-likeness (QED) is 0.612. The number of methoxy groups -OCH3 is 1. The fourth-order valence-corrected chi connectivity index (χ4v) is 3.50. The van der Waals surface area contributed by atoms with Crippen LogP contribution in [0.15, 0.2) is 42.5 Å². The van der Waals surface area contributed by atoms with Gasteiger partial charge in [0.25, 0.3) is 0 Å². The van der Waals surface area contributed by atoms with Crippen LogP contribution in [0.1, 0.15) is 40.4 Å².